The van der Waals surface area contributed by atoms with E-state index in [9.17, 15) is 0 Å². The van der Waals surface area contributed by atoms with Gasteiger partial charge in [-0.2, -0.15) is 0 Å². The smallest absolute Gasteiger partial charge is 0.220 e. The molecule has 0 atom stereocenters. The molecule has 0 saturated heterocycles. The Hall–Kier alpha value is -2.89. The summed E-state index contributed by atoms with van der Waals surface area (Å²) in [5, 5.41) is 7.85. The fraction of sp³-hybridized carbons (Fsp3) is 0.0714. The van der Waals surface area contributed by atoms with Gasteiger partial charge in [0, 0.05) is 11.8 Å². The number of pyridine rings is 1. The lowest BCUT2D eigenvalue weighted by molar-refractivity contribution is 0.202. The summed E-state index contributed by atoms with van der Waals surface area (Å²) in [4.78, 5) is 11.0. The van der Waals surface area contributed by atoms with Crippen LogP contribution in [0.5, 0.6) is 5.75 Å². The van der Waals surface area contributed by atoms with Crippen molar-refractivity contribution in [3.8, 4) is 5.75 Å². The number of nitrogens with zero attached hydrogens (tertiary/aromatic N) is 4. The molecule has 0 saturated carbocycles. The summed E-state index contributed by atoms with van der Waals surface area (Å²) in [5.41, 5.74) is 2.03. The van der Waals surface area contributed by atoms with Crippen molar-refractivity contribution in [1.82, 2.24) is 20.1 Å². The Labute approximate surface area is 115 Å². The van der Waals surface area contributed by atoms with Crippen LogP contribution >= 0.6 is 0 Å². The van der Waals surface area contributed by atoms with Crippen LogP contribution in [0.25, 0.3) is 16.9 Å². The number of hydrogen-bond acceptors (Lipinski definition) is 5. The highest BCUT2D eigenvalue weighted by Gasteiger charge is 2.08. The van der Waals surface area contributed by atoms with Gasteiger partial charge in [-0.15, -0.1) is 5.10 Å². The van der Waals surface area contributed by atoms with E-state index >= 15 is 0 Å². The summed E-state index contributed by atoms with van der Waals surface area (Å²) >= 11 is 0. The van der Waals surface area contributed by atoms with Gasteiger partial charge in [0.2, 0.25) is 5.65 Å². The molecule has 2 heterocycles. The Kier molecular flexibility index (Phi) is 3.04. The third-order valence-electron chi connectivity index (χ3n) is 2.79. The Morgan fingerprint density at radius 3 is 2.75 bits per heavy atom. The standard InChI is InChI=1S/C14H12N4O2/c1-10(11-5-7-12(19-2)8-6-11)20-18-14-13(16-17-18)4-3-9-15-14/h3-9H,1H2,2H3. The third kappa shape index (κ3) is 2.18. The van der Waals surface area contributed by atoms with E-state index in [1.807, 2.05) is 30.3 Å². The Balaban J connectivity index is 1.84. The molecule has 3 aromatic rings. The van der Waals surface area contributed by atoms with Crippen molar-refractivity contribution in [2.75, 3.05) is 7.11 Å². The van der Waals surface area contributed by atoms with Crippen molar-refractivity contribution in [2.24, 2.45) is 0 Å². The Bertz CT molecular complexity index is 749. The van der Waals surface area contributed by atoms with Crippen LogP contribution in [-0.2, 0) is 0 Å². The van der Waals surface area contributed by atoms with Gasteiger partial charge in [0.1, 0.15) is 11.3 Å². The fourth-order valence-electron chi connectivity index (χ4n) is 1.74. The van der Waals surface area contributed by atoms with Gasteiger partial charge in [0.05, 0.1) is 7.11 Å². The maximum atomic E-state index is 5.57. The quantitative estimate of drug-likeness (QED) is 0.677. The predicted molar refractivity (Wildman–Crippen MR) is 73.9 cm³/mol. The molecule has 6 heteroatoms. The molecule has 0 amide bonds. The van der Waals surface area contributed by atoms with Crippen LogP contribution in [0.3, 0.4) is 0 Å². The van der Waals surface area contributed by atoms with E-state index in [4.69, 9.17) is 9.57 Å². The lowest BCUT2D eigenvalue weighted by atomic mass is 10.2. The number of rotatable bonds is 4. The van der Waals surface area contributed by atoms with Crippen LogP contribution in [0.1, 0.15) is 5.56 Å². The zero-order valence-corrected chi connectivity index (χ0v) is 10.9. The number of benzene rings is 1. The monoisotopic (exact) mass is 268 g/mol. The van der Waals surface area contributed by atoms with Crippen LogP contribution in [0.2, 0.25) is 0 Å². The SMILES string of the molecule is C=C(On1nnc2cccnc21)c1ccc(OC)cc1. The van der Waals surface area contributed by atoms with Gasteiger partial charge < -0.3 is 9.57 Å². The largest absolute Gasteiger partial charge is 0.497 e. The van der Waals surface area contributed by atoms with Crippen LogP contribution in [0, 0.1) is 0 Å². The molecule has 0 unspecified atom stereocenters. The van der Waals surface area contributed by atoms with Crippen molar-refractivity contribution in [3.63, 3.8) is 0 Å². The molecular weight excluding hydrogens is 256 g/mol. The second-order valence-corrected chi connectivity index (χ2v) is 4.05. The highest BCUT2D eigenvalue weighted by atomic mass is 16.7. The van der Waals surface area contributed by atoms with E-state index < -0.39 is 0 Å². The van der Waals surface area contributed by atoms with E-state index in [0.717, 1.165) is 11.3 Å². The summed E-state index contributed by atoms with van der Waals surface area (Å²) in [6, 6.07) is 11.0. The average Bonchev–Trinajstić information content (AvgIpc) is 2.91. The molecule has 100 valence electrons. The molecule has 20 heavy (non-hydrogen) atoms. The zero-order chi connectivity index (χ0) is 13.9. The molecule has 0 aliphatic carbocycles. The maximum Gasteiger partial charge on any atom is 0.220 e. The van der Waals surface area contributed by atoms with Gasteiger partial charge in [-0.25, -0.2) is 4.98 Å². The lowest BCUT2D eigenvalue weighted by Crippen LogP contribution is -2.12. The van der Waals surface area contributed by atoms with E-state index in [1.165, 1.54) is 4.85 Å². The molecular formula is C14H12N4O2. The van der Waals surface area contributed by atoms with Crippen LogP contribution < -0.4 is 9.57 Å². The number of ether oxygens (including phenoxy) is 1. The fourth-order valence-corrected chi connectivity index (χ4v) is 1.74. The minimum Gasteiger partial charge on any atom is -0.497 e. The lowest BCUT2D eigenvalue weighted by Gasteiger charge is -2.08. The molecule has 0 aliphatic rings. The summed E-state index contributed by atoms with van der Waals surface area (Å²) < 4.78 is 5.10. The zero-order valence-electron chi connectivity index (χ0n) is 10.9. The molecule has 0 bridgehead atoms. The van der Waals surface area contributed by atoms with E-state index in [2.05, 4.69) is 21.9 Å². The summed E-state index contributed by atoms with van der Waals surface area (Å²) in [6.45, 7) is 3.88. The molecule has 2 aromatic heterocycles. The molecule has 3 rings (SSSR count). The van der Waals surface area contributed by atoms with E-state index in [0.29, 0.717) is 16.9 Å². The van der Waals surface area contributed by atoms with Crippen LogP contribution in [0.15, 0.2) is 49.2 Å². The van der Waals surface area contributed by atoms with Crippen molar-refractivity contribution >= 4 is 16.9 Å². The van der Waals surface area contributed by atoms with Crippen molar-refractivity contribution in [2.45, 2.75) is 0 Å². The normalized spacial score (nSPS) is 10.4. The first-order valence-electron chi connectivity index (χ1n) is 5.96. The second-order valence-electron chi connectivity index (χ2n) is 4.05. The van der Waals surface area contributed by atoms with Gasteiger partial charge >= 0.3 is 0 Å². The van der Waals surface area contributed by atoms with E-state index in [1.54, 1.807) is 19.4 Å². The Morgan fingerprint density at radius 2 is 2.00 bits per heavy atom. The molecule has 6 nitrogen and oxygen atoms in total. The van der Waals surface area contributed by atoms with E-state index in [-0.39, 0.29) is 0 Å². The number of methoxy groups -OCH3 is 1. The minimum absolute atomic E-state index is 0.449. The second kappa shape index (κ2) is 5.00. The first-order valence-corrected chi connectivity index (χ1v) is 5.96. The topological polar surface area (TPSA) is 62.1 Å². The number of hydrogen-bond donors (Lipinski definition) is 0. The maximum absolute atomic E-state index is 5.57. The molecule has 0 radical (unpaired) electrons. The molecule has 0 fully saturated rings. The van der Waals surface area contributed by atoms with Crippen LogP contribution in [-0.4, -0.2) is 27.3 Å². The summed E-state index contributed by atoms with van der Waals surface area (Å²) in [5.74, 6) is 1.22. The molecule has 0 aliphatic heterocycles. The molecule has 0 spiro atoms. The average molecular weight is 268 g/mol. The van der Waals surface area contributed by atoms with Gasteiger partial charge in [0.15, 0.2) is 5.76 Å². The Morgan fingerprint density at radius 1 is 1.20 bits per heavy atom. The highest BCUT2D eigenvalue weighted by Crippen LogP contribution is 2.17. The van der Waals surface area contributed by atoms with Crippen molar-refractivity contribution in [3.05, 3.63) is 54.7 Å². The molecule has 1 aromatic carbocycles. The van der Waals surface area contributed by atoms with Gasteiger partial charge in [0.25, 0.3) is 0 Å². The third-order valence-corrected chi connectivity index (χ3v) is 2.79. The minimum atomic E-state index is 0.449. The predicted octanol–water partition coefficient (Wildman–Crippen LogP) is 1.93. The first kappa shape index (κ1) is 12.2. The molecule has 0 N–H and O–H groups in total. The van der Waals surface area contributed by atoms with Crippen LogP contribution in [0.4, 0.5) is 0 Å². The number of aromatic nitrogens is 4. The van der Waals surface area contributed by atoms with Gasteiger partial charge in [-0.1, -0.05) is 11.4 Å². The van der Waals surface area contributed by atoms with Crippen molar-refractivity contribution < 1.29 is 9.57 Å². The summed E-state index contributed by atoms with van der Waals surface area (Å²) in [7, 11) is 1.62. The first-order chi connectivity index (χ1) is 9.78. The van der Waals surface area contributed by atoms with Gasteiger partial charge in [-0.05, 0) is 41.6 Å². The summed E-state index contributed by atoms with van der Waals surface area (Å²) in [6.07, 6.45) is 1.65. The number of fused-ring (bicyclic) bond motifs is 1. The van der Waals surface area contributed by atoms with Gasteiger partial charge in [-0.3, -0.25) is 0 Å². The van der Waals surface area contributed by atoms with Crippen molar-refractivity contribution in [1.29, 1.82) is 0 Å². The highest BCUT2D eigenvalue weighted by molar-refractivity contribution is 5.69.